The van der Waals surface area contributed by atoms with E-state index in [9.17, 15) is 0 Å². The normalized spacial score (nSPS) is 12.8. The molecule has 1 nitrogen and oxygen atoms in total. The molecule has 0 amide bonds. The quantitative estimate of drug-likeness (QED) is 0.693. The number of ether oxygens (including phenoxy) is 1. The molecule has 16 heavy (non-hydrogen) atoms. The SMILES string of the molecule is CCC(CBr)COc1ccccc1C(C)C. The van der Waals surface area contributed by atoms with E-state index in [0.29, 0.717) is 11.8 Å². The van der Waals surface area contributed by atoms with Crippen molar-refractivity contribution in [3.63, 3.8) is 0 Å². The third-order valence-electron chi connectivity index (χ3n) is 2.81. The average Bonchev–Trinajstić information content (AvgIpc) is 2.30. The van der Waals surface area contributed by atoms with Crippen molar-refractivity contribution >= 4 is 15.9 Å². The van der Waals surface area contributed by atoms with Crippen LogP contribution in [0.2, 0.25) is 0 Å². The molecule has 0 aliphatic heterocycles. The minimum Gasteiger partial charge on any atom is -0.493 e. The Morgan fingerprint density at radius 2 is 1.94 bits per heavy atom. The average molecular weight is 285 g/mol. The van der Waals surface area contributed by atoms with Crippen molar-refractivity contribution in [3.8, 4) is 5.75 Å². The smallest absolute Gasteiger partial charge is 0.122 e. The van der Waals surface area contributed by atoms with Gasteiger partial charge in [-0.2, -0.15) is 0 Å². The molecule has 1 unspecified atom stereocenters. The summed E-state index contributed by atoms with van der Waals surface area (Å²) in [6.07, 6.45) is 1.15. The maximum atomic E-state index is 5.91. The highest BCUT2D eigenvalue weighted by atomic mass is 79.9. The highest BCUT2D eigenvalue weighted by Crippen LogP contribution is 2.26. The van der Waals surface area contributed by atoms with Crippen LogP contribution >= 0.6 is 15.9 Å². The summed E-state index contributed by atoms with van der Waals surface area (Å²) in [5.74, 6) is 2.15. The van der Waals surface area contributed by atoms with Crippen LogP contribution in [0.3, 0.4) is 0 Å². The zero-order valence-corrected chi connectivity index (χ0v) is 12.0. The van der Waals surface area contributed by atoms with Crippen LogP contribution in [0.25, 0.3) is 0 Å². The van der Waals surface area contributed by atoms with Crippen molar-refractivity contribution in [1.29, 1.82) is 0 Å². The van der Waals surface area contributed by atoms with Crippen molar-refractivity contribution in [3.05, 3.63) is 29.8 Å². The molecule has 0 aliphatic rings. The summed E-state index contributed by atoms with van der Waals surface area (Å²) in [6.45, 7) is 7.39. The lowest BCUT2D eigenvalue weighted by molar-refractivity contribution is 0.257. The number of para-hydroxylation sites is 1. The fraction of sp³-hybridized carbons (Fsp3) is 0.571. The summed E-state index contributed by atoms with van der Waals surface area (Å²) >= 11 is 3.52. The summed E-state index contributed by atoms with van der Waals surface area (Å²) in [4.78, 5) is 0. The predicted molar refractivity (Wildman–Crippen MR) is 73.6 cm³/mol. The summed E-state index contributed by atoms with van der Waals surface area (Å²) < 4.78 is 5.91. The van der Waals surface area contributed by atoms with E-state index in [1.807, 2.05) is 6.07 Å². The Balaban J connectivity index is 2.66. The highest BCUT2D eigenvalue weighted by molar-refractivity contribution is 9.09. The lowest BCUT2D eigenvalue weighted by atomic mass is 10.0. The number of alkyl halides is 1. The van der Waals surface area contributed by atoms with Crippen LogP contribution in [0.1, 0.15) is 38.7 Å². The molecule has 1 aromatic rings. The Hall–Kier alpha value is -0.500. The van der Waals surface area contributed by atoms with Gasteiger partial charge >= 0.3 is 0 Å². The molecular formula is C14H21BrO. The van der Waals surface area contributed by atoms with Gasteiger partial charge in [0.15, 0.2) is 0 Å². The summed E-state index contributed by atoms with van der Waals surface area (Å²) in [6, 6.07) is 8.33. The first-order valence-electron chi connectivity index (χ1n) is 5.96. The minimum atomic E-state index is 0.514. The lowest BCUT2D eigenvalue weighted by Crippen LogP contribution is -2.13. The van der Waals surface area contributed by atoms with E-state index >= 15 is 0 Å². The van der Waals surface area contributed by atoms with Crippen LogP contribution in [0.5, 0.6) is 5.75 Å². The van der Waals surface area contributed by atoms with Gasteiger partial charge in [-0.05, 0) is 24.0 Å². The molecular weight excluding hydrogens is 264 g/mol. The van der Waals surface area contributed by atoms with Gasteiger partial charge in [-0.15, -0.1) is 0 Å². The van der Waals surface area contributed by atoms with Gasteiger partial charge in [-0.1, -0.05) is 54.9 Å². The van der Waals surface area contributed by atoms with E-state index in [-0.39, 0.29) is 0 Å². The minimum absolute atomic E-state index is 0.514. The monoisotopic (exact) mass is 284 g/mol. The van der Waals surface area contributed by atoms with Crippen LogP contribution in [-0.2, 0) is 0 Å². The first-order chi connectivity index (χ1) is 7.69. The van der Waals surface area contributed by atoms with Gasteiger partial charge in [0.25, 0.3) is 0 Å². The van der Waals surface area contributed by atoms with Crippen LogP contribution in [0.4, 0.5) is 0 Å². The Bertz CT molecular complexity index is 305. The Morgan fingerprint density at radius 3 is 2.50 bits per heavy atom. The molecule has 0 spiro atoms. The highest BCUT2D eigenvalue weighted by Gasteiger charge is 2.09. The maximum absolute atomic E-state index is 5.91. The molecule has 0 bridgehead atoms. The van der Waals surface area contributed by atoms with Gasteiger partial charge in [0.1, 0.15) is 5.75 Å². The van der Waals surface area contributed by atoms with E-state index in [4.69, 9.17) is 4.74 Å². The molecule has 1 aromatic carbocycles. The molecule has 0 saturated heterocycles. The second-order valence-electron chi connectivity index (χ2n) is 4.43. The van der Waals surface area contributed by atoms with Crippen molar-refractivity contribution in [2.75, 3.05) is 11.9 Å². The van der Waals surface area contributed by atoms with Gasteiger partial charge in [-0.3, -0.25) is 0 Å². The van der Waals surface area contributed by atoms with Crippen LogP contribution < -0.4 is 4.74 Å². The van der Waals surface area contributed by atoms with Crippen molar-refractivity contribution in [1.82, 2.24) is 0 Å². The van der Waals surface area contributed by atoms with E-state index in [1.54, 1.807) is 0 Å². The van der Waals surface area contributed by atoms with Crippen LogP contribution in [0.15, 0.2) is 24.3 Å². The van der Waals surface area contributed by atoms with Gasteiger partial charge in [-0.25, -0.2) is 0 Å². The number of hydrogen-bond acceptors (Lipinski definition) is 1. The van der Waals surface area contributed by atoms with Crippen LogP contribution in [0, 0.1) is 5.92 Å². The Kier molecular flexibility index (Phi) is 5.89. The summed E-state index contributed by atoms with van der Waals surface area (Å²) in [5, 5.41) is 1.01. The number of rotatable bonds is 6. The first kappa shape index (κ1) is 13.6. The predicted octanol–water partition coefficient (Wildman–Crippen LogP) is 4.61. The fourth-order valence-corrected chi connectivity index (χ4v) is 2.21. The molecule has 0 N–H and O–H groups in total. The second kappa shape index (κ2) is 6.95. The number of halogens is 1. The topological polar surface area (TPSA) is 9.23 Å². The molecule has 1 rings (SSSR count). The lowest BCUT2D eigenvalue weighted by Gasteiger charge is -2.17. The van der Waals surface area contributed by atoms with E-state index in [0.717, 1.165) is 24.1 Å². The van der Waals surface area contributed by atoms with E-state index in [2.05, 4.69) is 54.9 Å². The third kappa shape index (κ3) is 3.82. The zero-order valence-electron chi connectivity index (χ0n) is 10.4. The molecule has 0 radical (unpaired) electrons. The van der Waals surface area contributed by atoms with Gasteiger partial charge < -0.3 is 4.74 Å². The van der Waals surface area contributed by atoms with Crippen molar-refractivity contribution in [2.45, 2.75) is 33.1 Å². The molecule has 0 heterocycles. The van der Waals surface area contributed by atoms with Gasteiger partial charge in [0.2, 0.25) is 0 Å². The van der Waals surface area contributed by atoms with Crippen molar-refractivity contribution < 1.29 is 4.74 Å². The Labute approximate surface area is 107 Å². The second-order valence-corrected chi connectivity index (χ2v) is 5.08. The van der Waals surface area contributed by atoms with Gasteiger partial charge in [0.05, 0.1) is 6.61 Å². The zero-order chi connectivity index (χ0) is 12.0. The van der Waals surface area contributed by atoms with Crippen molar-refractivity contribution in [2.24, 2.45) is 5.92 Å². The number of hydrogen-bond donors (Lipinski definition) is 0. The molecule has 90 valence electrons. The molecule has 2 heteroatoms. The van der Waals surface area contributed by atoms with E-state index in [1.165, 1.54) is 5.56 Å². The number of benzene rings is 1. The molecule has 1 atom stereocenters. The summed E-state index contributed by atoms with van der Waals surface area (Å²) in [7, 11) is 0. The third-order valence-corrected chi connectivity index (χ3v) is 3.73. The van der Waals surface area contributed by atoms with Gasteiger partial charge in [0, 0.05) is 11.2 Å². The Morgan fingerprint density at radius 1 is 1.25 bits per heavy atom. The maximum Gasteiger partial charge on any atom is 0.122 e. The first-order valence-corrected chi connectivity index (χ1v) is 7.08. The standard InChI is InChI=1S/C14H21BrO/c1-4-12(9-15)10-16-14-8-6-5-7-13(14)11(2)3/h5-8,11-12H,4,9-10H2,1-3H3. The summed E-state index contributed by atoms with van der Waals surface area (Å²) in [5.41, 5.74) is 1.30. The largest absolute Gasteiger partial charge is 0.493 e. The molecule has 0 fully saturated rings. The van der Waals surface area contributed by atoms with Crippen LogP contribution in [-0.4, -0.2) is 11.9 Å². The molecule has 0 aliphatic carbocycles. The fourth-order valence-electron chi connectivity index (χ4n) is 1.57. The molecule has 0 aromatic heterocycles. The molecule has 0 saturated carbocycles. The van der Waals surface area contributed by atoms with E-state index < -0.39 is 0 Å².